The Morgan fingerprint density at radius 3 is 2.95 bits per heavy atom. The molecular weight excluding hydrogens is 320 g/mol. The van der Waals surface area contributed by atoms with Crippen molar-refractivity contribution >= 4 is 40.0 Å². The van der Waals surface area contributed by atoms with Crippen molar-refractivity contribution in [3.05, 3.63) is 45.3 Å². The highest BCUT2D eigenvalue weighted by Gasteiger charge is 2.38. The minimum atomic E-state index is -0.588. The molecule has 7 heteroatoms. The van der Waals surface area contributed by atoms with E-state index >= 15 is 0 Å². The molecule has 2 N–H and O–H groups in total. The lowest BCUT2D eigenvalue weighted by molar-refractivity contribution is -0.114. The average molecular weight is 332 g/mol. The SMILES string of the molecule is COc1cc(/C=C2\SC(=N)[C@H](c3nccs3)C2=O)ccc1O. The summed E-state index contributed by atoms with van der Waals surface area (Å²) in [6.45, 7) is 0. The first-order valence-electron chi connectivity index (χ1n) is 6.38. The summed E-state index contributed by atoms with van der Waals surface area (Å²) in [6, 6.07) is 4.86. The molecule has 0 aliphatic carbocycles. The van der Waals surface area contributed by atoms with Gasteiger partial charge in [0.1, 0.15) is 10.9 Å². The van der Waals surface area contributed by atoms with E-state index in [-0.39, 0.29) is 16.6 Å². The topological polar surface area (TPSA) is 83.3 Å². The number of hydrogen-bond donors (Lipinski definition) is 2. The van der Waals surface area contributed by atoms with Crippen molar-refractivity contribution in [3.63, 3.8) is 0 Å². The quantitative estimate of drug-likeness (QED) is 0.843. The number of methoxy groups -OCH3 is 1. The normalized spacial score (nSPS) is 19.9. The fourth-order valence-electron chi connectivity index (χ4n) is 2.13. The summed E-state index contributed by atoms with van der Waals surface area (Å²) in [7, 11) is 1.47. The molecule has 0 unspecified atom stereocenters. The standard InChI is InChI=1S/C15H12N2O3S2/c1-20-10-6-8(2-3-9(10)18)7-11-13(19)12(14(16)22-11)15-17-4-5-21-15/h2-7,12,16,18H,1H3/b11-7-,16-14?/t12-/m1/s1. The second kappa shape index (κ2) is 5.94. The Kier molecular flexibility index (Phi) is 4.00. The number of phenolic OH excluding ortho intramolecular Hbond substituents is 1. The van der Waals surface area contributed by atoms with Gasteiger partial charge in [-0.3, -0.25) is 10.2 Å². The fraction of sp³-hybridized carbons (Fsp3) is 0.133. The molecule has 5 nitrogen and oxygen atoms in total. The minimum absolute atomic E-state index is 0.0449. The molecule has 0 radical (unpaired) electrons. The van der Waals surface area contributed by atoms with Gasteiger partial charge >= 0.3 is 0 Å². The van der Waals surface area contributed by atoms with Crippen molar-refractivity contribution < 1.29 is 14.6 Å². The lowest BCUT2D eigenvalue weighted by atomic mass is 10.0. The summed E-state index contributed by atoms with van der Waals surface area (Å²) in [6.07, 6.45) is 3.34. The molecule has 2 aromatic rings. The second-order valence-electron chi connectivity index (χ2n) is 4.57. The van der Waals surface area contributed by atoms with Crippen LogP contribution in [0.15, 0.2) is 34.7 Å². The van der Waals surface area contributed by atoms with Crippen LogP contribution in [0.25, 0.3) is 6.08 Å². The van der Waals surface area contributed by atoms with E-state index in [1.165, 1.54) is 24.5 Å². The Labute approximate surface area is 135 Å². The summed E-state index contributed by atoms with van der Waals surface area (Å²) in [5.74, 6) is -0.313. The van der Waals surface area contributed by atoms with Crippen molar-refractivity contribution in [1.29, 1.82) is 5.41 Å². The van der Waals surface area contributed by atoms with Crippen LogP contribution in [0.4, 0.5) is 0 Å². The molecule has 2 heterocycles. The monoisotopic (exact) mass is 332 g/mol. The van der Waals surface area contributed by atoms with E-state index in [9.17, 15) is 9.90 Å². The number of hydrogen-bond acceptors (Lipinski definition) is 7. The number of phenols is 1. The zero-order chi connectivity index (χ0) is 15.7. The van der Waals surface area contributed by atoms with Gasteiger partial charge in [0, 0.05) is 11.6 Å². The first kappa shape index (κ1) is 14.8. The van der Waals surface area contributed by atoms with E-state index in [0.717, 1.165) is 17.3 Å². The zero-order valence-corrected chi connectivity index (χ0v) is 13.2. The molecule has 1 aliphatic rings. The Bertz CT molecular complexity index is 769. The zero-order valence-electron chi connectivity index (χ0n) is 11.6. The molecule has 1 atom stereocenters. The number of thiazole rings is 1. The van der Waals surface area contributed by atoms with Crippen LogP contribution in [0, 0.1) is 5.41 Å². The second-order valence-corrected chi connectivity index (χ2v) is 6.58. The molecule has 22 heavy (non-hydrogen) atoms. The van der Waals surface area contributed by atoms with Crippen LogP contribution in [-0.2, 0) is 4.79 Å². The number of ether oxygens (including phenoxy) is 1. The molecule has 1 saturated heterocycles. The van der Waals surface area contributed by atoms with E-state index in [0.29, 0.717) is 15.7 Å². The third kappa shape index (κ3) is 2.65. The van der Waals surface area contributed by atoms with Crippen LogP contribution in [0.5, 0.6) is 11.5 Å². The molecule has 0 saturated carbocycles. The molecule has 1 aromatic carbocycles. The summed E-state index contributed by atoms with van der Waals surface area (Å²) in [5.41, 5.74) is 0.734. The van der Waals surface area contributed by atoms with E-state index in [2.05, 4.69) is 4.98 Å². The molecule has 1 aliphatic heterocycles. The average Bonchev–Trinajstić information content (AvgIpc) is 3.10. The first-order chi connectivity index (χ1) is 10.6. The molecule has 0 amide bonds. The maximum atomic E-state index is 12.5. The number of nitrogens with one attached hydrogen (secondary N) is 1. The molecule has 0 spiro atoms. The van der Waals surface area contributed by atoms with Gasteiger partial charge in [0.05, 0.1) is 17.1 Å². The smallest absolute Gasteiger partial charge is 0.186 e. The number of benzene rings is 1. The first-order valence-corrected chi connectivity index (χ1v) is 8.08. The molecule has 1 fully saturated rings. The van der Waals surface area contributed by atoms with E-state index < -0.39 is 5.92 Å². The van der Waals surface area contributed by atoms with Crippen LogP contribution in [-0.4, -0.2) is 28.0 Å². The van der Waals surface area contributed by atoms with Gasteiger partial charge in [0.25, 0.3) is 0 Å². The Morgan fingerprint density at radius 2 is 2.27 bits per heavy atom. The molecule has 3 rings (SSSR count). The van der Waals surface area contributed by atoms with E-state index in [4.69, 9.17) is 10.1 Å². The number of thioether (sulfide) groups is 1. The Morgan fingerprint density at radius 1 is 1.45 bits per heavy atom. The number of aromatic hydroxyl groups is 1. The highest BCUT2D eigenvalue weighted by atomic mass is 32.2. The number of carbonyl (C=O) groups is 1. The van der Waals surface area contributed by atoms with Crippen molar-refractivity contribution in [2.45, 2.75) is 5.92 Å². The van der Waals surface area contributed by atoms with Gasteiger partial charge in [-0.25, -0.2) is 4.98 Å². The molecule has 1 aromatic heterocycles. The van der Waals surface area contributed by atoms with Gasteiger partial charge < -0.3 is 9.84 Å². The Hall–Kier alpha value is -2.12. The maximum Gasteiger partial charge on any atom is 0.186 e. The number of allylic oxidation sites excluding steroid dienone is 1. The molecule has 0 bridgehead atoms. The van der Waals surface area contributed by atoms with Gasteiger partial charge in [0.15, 0.2) is 17.3 Å². The van der Waals surface area contributed by atoms with Gasteiger partial charge in [-0.2, -0.15) is 0 Å². The summed E-state index contributed by atoms with van der Waals surface area (Å²) in [5, 5.41) is 20.4. The molecular formula is C15H12N2O3S2. The minimum Gasteiger partial charge on any atom is -0.504 e. The predicted molar refractivity (Wildman–Crippen MR) is 87.8 cm³/mol. The third-order valence-corrected chi connectivity index (χ3v) is 5.02. The fourth-order valence-corrected chi connectivity index (χ4v) is 3.93. The van der Waals surface area contributed by atoms with E-state index in [1.807, 2.05) is 0 Å². The van der Waals surface area contributed by atoms with Crippen LogP contribution in [0.3, 0.4) is 0 Å². The maximum absolute atomic E-state index is 12.5. The van der Waals surface area contributed by atoms with Crippen molar-refractivity contribution in [2.24, 2.45) is 0 Å². The highest BCUT2D eigenvalue weighted by molar-refractivity contribution is 8.19. The lowest BCUT2D eigenvalue weighted by Crippen LogP contribution is -2.11. The van der Waals surface area contributed by atoms with Crippen LogP contribution >= 0.6 is 23.1 Å². The summed E-state index contributed by atoms with van der Waals surface area (Å²) < 4.78 is 5.06. The predicted octanol–water partition coefficient (Wildman–Crippen LogP) is 3.28. The highest BCUT2D eigenvalue weighted by Crippen LogP contribution is 2.41. The summed E-state index contributed by atoms with van der Waals surface area (Å²) in [4.78, 5) is 17.1. The number of aromatic nitrogens is 1. The lowest BCUT2D eigenvalue weighted by Gasteiger charge is -2.04. The number of ketones is 1. The molecule has 112 valence electrons. The van der Waals surface area contributed by atoms with Crippen molar-refractivity contribution in [3.8, 4) is 11.5 Å². The van der Waals surface area contributed by atoms with Crippen LogP contribution in [0.1, 0.15) is 16.5 Å². The van der Waals surface area contributed by atoms with E-state index in [1.54, 1.807) is 29.8 Å². The van der Waals surface area contributed by atoms with Crippen molar-refractivity contribution in [1.82, 2.24) is 4.98 Å². The number of carbonyl (C=O) groups excluding carboxylic acids is 1. The number of rotatable bonds is 3. The van der Waals surface area contributed by atoms with Crippen LogP contribution in [0.2, 0.25) is 0 Å². The van der Waals surface area contributed by atoms with Gasteiger partial charge in [-0.1, -0.05) is 17.8 Å². The Balaban J connectivity index is 1.93. The van der Waals surface area contributed by atoms with Gasteiger partial charge in [-0.05, 0) is 23.8 Å². The third-order valence-electron chi connectivity index (χ3n) is 3.19. The van der Waals surface area contributed by atoms with Gasteiger partial charge in [-0.15, -0.1) is 11.3 Å². The number of Topliss-reactive ketones (excluding diaryl/α,β-unsaturated/α-hetero) is 1. The van der Waals surface area contributed by atoms with Gasteiger partial charge in [0.2, 0.25) is 0 Å². The summed E-state index contributed by atoms with van der Waals surface area (Å²) >= 11 is 2.53. The number of nitrogens with zero attached hydrogens (tertiary/aromatic N) is 1. The van der Waals surface area contributed by atoms with Crippen LogP contribution < -0.4 is 4.74 Å². The largest absolute Gasteiger partial charge is 0.504 e. The van der Waals surface area contributed by atoms with Crippen molar-refractivity contribution in [2.75, 3.05) is 7.11 Å².